The number of anilines is 1. The quantitative estimate of drug-likeness (QED) is 0.567. The number of hydrogen-bond donors (Lipinski definition) is 4. The minimum Gasteiger partial charge on any atom is -0.394 e. The molecule has 4 N–H and O–H groups in total. The lowest BCUT2D eigenvalue weighted by Gasteiger charge is -2.17. The number of para-hydroxylation sites is 1. The Hall–Kier alpha value is -1.59. The molecule has 1 aliphatic rings. The molecule has 0 saturated carbocycles. The number of fused-ring (bicyclic) bond motifs is 1. The Morgan fingerprint density at radius 3 is 2.76 bits per heavy atom. The molecule has 5 heteroatoms. The zero-order valence-corrected chi connectivity index (χ0v) is 9.39. The highest BCUT2D eigenvalue weighted by Gasteiger charge is 2.27. The predicted octanol–water partition coefficient (Wildman–Crippen LogP) is -0.507. The molecular formula is C12H16N2O3. The van der Waals surface area contributed by atoms with Gasteiger partial charge in [-0.2, -0.15) is 0 Å². The Balaban J connectivity index is 1.96. The van der Waals surface area contributed by atoms with E-state index >= 15 is 0 Å². The summed E-state index contributed by atoms with van der Waals surface area (Å²) in [5, 5.41) is 23.5. The van der Waals surface area contributed by atoms with E-state index < -0.39 is 6.04 Å². The predicted molar refractivity (Wildman–Crippen MR) is 63.7 cm³/mol. The van der Waals surface area contributed by atoms with Crippen molar-refractivity contribution in [2.45, 2.75) is 18.5 Å². The van der Waals surface area contributed by atoms with Crippen LogP contribution < -0.4 is 10.6 Å². The molecule has 1 aliphatic heterocycles. The van der Waals surface area contributed by atoms with Gasteiger partial charge in [-0.3, -0.25) is 4.79 Å². The van der Waals surface area contributed by atoms with Crippen LogP contribution in [0.25, 0.3) is 0 Å². The van der Waals surface area contributed by atoms with Gasteiger partial charge < -0.3 is 20.8 Å². The Morgan fingerprint density at radius 2 is 2.12 bits per heavy atom. The molecule has 1 heterocycles. The maximum Gasteiger partial charge on any atom is 0.243 e. The summed E-state index contributed by atoms with van der Waals surface area (Å²) < 4.78 is 0. The third-order valence-electron chi connectivity index (χ3n) is 2.87. The third kappa shape index (κ3) is 2.57. The van der Waals surface area contributed by atoms with E-state index in [0.717, 1.165) is 11.3 Å². The van der Waals surface area contributed by atoms with Crippen LogP contribution in [0, 0.1) is 0 Å². The number of benzene rings is 1. The van der Waals surface area contributed by atoms with E-state index in [1.54, 1.807) is 0 Å². The second kappa shape index (κ2) is 5.16. The Bertz CT molecular complexity index is 379. The lowest BCUT2D eigenvalue weighted by Crippen LogP contribution is -2.47. The summed E-state index contributed by atoms with van der Waals surface area (Å²) in [6, 6.07) is 6.84. The maximum atomic E-state index is 11.8. The zero-order valence-electron chi connectivity index (χ0n) is 9.39. The molecule has 0 spiro atoms. The molecule has 17 heavy (non-hydrogen) atoms. The number of nitrogens with one attached hydrogen (secondary N) is 2. The van der Waals surface area contributed by atoms with Crippen LogP contribution in [-0.2, 0) is 11.2 Å². The molecule has 1 aromatic carbocycles. The summed E-state index contributed by atoms with van der Waals surface area (Å²) in [6.45, 7) is -0.524. The minimum atomic E-state index is -0.590. The first kappa shape index (κ1) is 11.9. The van der Waals surface area contributed by atoms with Gasteiger partial charge in [0.25, 0.3) is 0 Å². The van der Waals surface area contributed by atoms with Gasteiger partial charge in [-0.15, -0.1) is 0 Å². The van der Waals surface area contributed by atoms with Crippen LogP contribution in [0.15, 0.2) is 24.3 Å². The van der Waals surface area contributed by atoms with Gasteiger partial charge in [0.15, 0.2) is 0 Å². The standard InChI is InChI=1S/C12H16N2O3/c15-6-9(7-16)13-12(17)11-5-8-3-1-2-4-10(8)14-11/h1-4,9,11,14-16H,5-7H2,(H,13,17)/t11-/m0/s1. The summed E-state index contributed by atoms with van der Waals surface area (Å²) in [5.74, 6) is -0.200. The maximum absolute atomic E-state index is 11.8. The van der Waals surface area contributed by atoms with Crippen molar-refractivity contribution in [3.8, 4) is 0 Å². The Morgan fingerprint density at radius 1 is 1.41 bits per heavy atom. The lowest BCUT2D eigenvalue weighted by atomic mass is 10.1. The van der Waals surface area contributed by atoms with Gasteiger partial charge in [0.2, 0.25) is 5.91 Å². The molecule has 92 valence electrons. The Kier molecular flexibility index (Phi) is 3.61. The highest BCUT2D eigenvalue weighted by molar-refractivity contribution is 5.87. The number of carbonyl (C=O) groups is 1. The van der Waals surface area contributed by atoms with E-state index in [2.05, 4.69) is 10.6 Å². The number of aliphatic hydroxyl groups excluding tert-OH is 2. The highest BCUT2D eigenvalue weighted by Crippen LogP contribution is 2.25. The van der Waals surface area contributed by atoms with E-state index in [0.29, 0.717) is 6.42 Å². The van der Waals surface area contributed by atoms with Crippen molar-refractivity contribution in [1.29, 1.82) is 0 Å². The summed E-state index contributed by atoms with van der Waals surface area (Å²) >= 11 is 0. The van der Waals surface area contributed by atoms with Crippen LogP contribution >= 0.6 is 0 Å². The van der Waals surface area contributed by atoms with Gasteiger partial charge in [-0.05, 0) is 11.6 Å². The van der Waals surface area contributed by atoms with Crippen molar-refractivity contribution in [3.05, 3.63) is 29.8 Å². The second-order valence-electron chi connectivity index (χ2n) is 4.13. The molecular weight excluding hydrogens is 220 g/mol. The molecule has 0 saturated heterocycles. The van der Waals surface area contributed by atoms with Crippen LogP contribution in [0.2, 0.25) is 0 Å². The molecule has 0 fully saturated rings. The first-order chi connectivity index (χ1) is 8.24. The number of aliphatic hydroxyl groups is 2. The van der Waals surface area contributed by atoms with Gasteiger partial charge in [-0.25, -0.2) is 0 Å². The van der Waals surface area contributed by atoms with E-state index in [9.17, 15) is 4.79 Å². The van der Waals surface area contributed by atoms with Crippen molar-refractivity contribution in [1.82, 2.24) is 5.32 Å². The normalized spacial score (nSPS) is 17.7. The zero-order chi connectivity index (χ0) is 12.3. The second-order valence-corrected chi connectivity index (χ2v) is 4.13. The first-order valence-corrected chi connectivity index (χ1v) is 5.61. The Labute approximate surface area is 99.5 Å². The summed E-state index contributed by atoms with van der Waals surface area (Å²) in [6.07, 6.45) is 0.631. The van der Waals surface area contributed by atoms with Crippen LogP contribution in [0.3, 0.4) is 0 Å². The molecule has 2 rings (SSSR count). The highest BCUT2D eigenvalue weighted by atomic mass is 16.3. The van der Waals surface area contributed by atoms with Crippen molar-refractivity contribution in [3.63, 3.8) is 0 Å². The summed E-state index contributed by atoms with van der Waals surface area (Å²) in [4.78, 5) is 11.8. The largest absolute Gasteiger partial charge is 0.394 e. The van der Waals surface area contributed by atoms with Gasteiger partial charge in [0.05, 0.1) is 19.3 Å². The number of hydrogen-bond acceptors (Lipinski definition) is 4. The van der Waals surface area contributed by atoms with Gasteiger partial charge in [0.1, 0.15) is 6.04 Å². The summed E-state index contributed by atoms with van der Waals surface area (Å²) in [7, 11) is 0. The average molecular weight is 236 g/mol. The average Bonchev–Trinajstić information content (AvgIpc) is 2.79. The number of carbonyl (C=O) groups excluding carboxylic acids is 1. The monoisotopic (exact) mass is 236 g/mol. The van der Waals surface area contributed by atoms with Crippen LogP contribution in [-0.4, -0.2) is 41.4 Å². The van der Waals surface area contributed by atoms with Gasteiger partial charge >= 0.3 is 0 Å². The molecule has 0 bridgehead atoms. The minimum absolute atomic E-state index is 0.200. The van der Waals surface area contributed by atoms with E-state index in [1.165, 1.54) is 0 Å². The fourth-order valence-corrected chi connectivity index (χ4v) is 1.91. The van der Waals surface area contributed by atoms with Gasteiger partial charge in [-0.1, -0.05) is 18.2 Å². The lowest BCUT2D eigenvalue weighted by molar-refractivity contribution is -0.123. The fourth-order valence-electron chi connectivity index (χ4n) is 1.91. The molecule has 1 atom stereocenters. The summed E-state index contributed by atoms with van der Waals surface area (Å²) in [5.41, 5.74) is 2.08. The van der Waals surface area contributed by atoms with E-state index in [1.807, 2.05) is 24.3 Å². The molecule has 0 aliphatic carbocycles. The topological polar surface area (TPSA) is 81.6 Å². The first-order valence-electron chi connectivity index (χ1n) is 5.61. The fraction of sp³-hybridized carbons (Fsp3) is 0.417. The van der Waals surface area contributed by atoms with E-state index in [-0.39, 0.29) is 25.2 Å². The molecule has 5 nitrogen and oxygen atoms in total. The number of rotatable bonds is 4. The van der Waals surface area contributed by atoms with Crippen molar-refractivity contribution in [2.24, 2.45) is 0 Å². The molecule has 1 aromatic rings. The van der Waals surface area contributed by atoms with Crippen LogP contribution in [0.5, 0.6) is 0 Å². The molecule has 0 radical (unpaired) electrons. The molecule has 0 aromatic heterocycles. The third-order valence-corrected chi connectivity index (χ3v) is 2.87. The van der Waals surface area contributed by atoms with Crippen molar-refractivity contribution in [2.75, 3.05) is 18.5 Å². The van der Waals surface area contributed by atoms with Crippen LogP contribution in [0.4, 0.5) is 5.69 Å². The van der Waals surface area contributed by atoms with Crippen molar-refractivity contribution >= 4 is 11.6 Å². The van der Waals surface area contributed by atoms with Crippen LogP contribution in [0.1, 0.15) is 5.56 Å². The van der Waals surface area contributed by atoms with E-state index in [4.69, 9.17) is 10.2 Å². The molecule has 0 unspecified atom stereocenters. The van der Waals surface area contributed by atoms with Gasteiger partial charge in [0, 0.05) is 12.1 Å². The molecule has 1 amide bonds. The smallest absolute Gasteiger partial charge is 0.243 e. The number of amides is 1. The SMILES string of the molecule is O=C(NC(CO)CO)[C@@H]1Cc2ccccc2N1. The van der Waals surface area contributed by atoms with Crippen molar-refractivity contribution < 1.29 is 15.0 Å².